The molecule has 10 heteroatoms. The average Bonchev–Trinajstić information content (AvgIpc) is 2.84. The number of ether oxygens (including phenoxy) is 1. The van der Waals surface area contributed by atoms with Gasteiger partial charge in [-0.3, -0.25) is 4.98 Å². The maximum atomic E-state index is 14.2. The molecule has 0 aliphatic carbocycles. The van der Waals surface area contributed by atoms with E-state index < -0.39 is 17.6 Å². The van der Waals surface area contributed by atoms with Gasteiger partial charge in [-0.15, -0.1) is 0 Å². The number of anilines is 2. The summed E-state index contributed by atoms with van der Waals surface area (Å²) < 4.78 is 58.3. The molecule has 0 spiro atoms. The minimum atomic E-state index is -4.37. The molecule has 0 N–H and O–H groups in total. The van der Waals surface area contributed by atoms with Crippen LogP contribution < -0.4 is 9.80 Å². The molecule has 0 amide bonds. The zero-order chi connectivity index (χ0) is 24.1. The topological polar surface area (TPSA) is 54.4 Å². The van der Waals surface area contributed by atoms with Crippen LogP contribution in [0.3, 0.4) is 0 Å². The third-order valence-corrected chi connectivity index (χ3v) is 5.32. The summed E-state index contributed by atoms with van der Waals surface area (Å²) >= 11 is 0. The molecule has 1 aromatic carbocycles. The Kier molecular flexibility index (Phi) is 7.06. The standard InChI is InChI=1S/C24H23F4N5O/c1-32(23-30-16-21(25)22(31-23)33-9-11-34-12-10-33)8-7-20-6-5-18(15-29-20)13-17-3-2-4-19(14-17)24(26,27)28/h2-8,14-16H,9-13H2,1H3/b8-7+. The molecule has 178 valence electrons. The van der Waals surface area contributed by atoms with Crippen molar-refractivity contribution in [1.29, 1.82) is 0 Å². The molecule has 2 aromatic heterocycles. The molecule has 0 saturated carbocycles. The Morgan fingerprint density at radius 2 is 1.85 bits per heavy atom. The van der Waals surface area contributed by atoms with Crippen molar-refractivity contribution < 1.29 is 22.3 Å². The fourth-order valence-electron chi connectivity index (χ4n) is 3.50. The summed E-state index contributed by atoms with van der Waals surface area (Å²) in [7, 11) is 1.74. The molecule has 0 atom stereocenters. The van der Waals surface area contributed by atoms with Gasteiger partial charge in [0.05, 0.1) is 30.7 Å². The van der Waals surface area contributed by atoms with E-state index in [1.54, 1.807) is 42.6 Å². The second kappa shape index (κ2) is 10.2. The molecule has 1 aliphatic heterocycles. The quantitative estimate of drug-likeness (QED) is 0.489. The number of benzene rings is 1. The lowest BCUT2D eigenvalue weighted by atomic mass is 10.0. The van der Waals surface area contributed by atoms with E-state index in [0.717, 1.165) is 23.9 Å². The van der Waals surface area contributed by atoms with Gasteiger partial charge in [0.2, 0.25) is 5.95 Å². The van der Waals surface area contributed by atoms with Crippen LogP contribution in [0.5, 0.6) is 0 Å². The van der Waals surface area contributed by atoms with Crippen LogP contribution in [-0.2, 0) is 17.3 Å². The molecule has 4 rings (SSSR count). The maximum Gasteiger partial charge on any atom is 0.416 e. The van der Waals surface area contributed by atoms with E-state index in [1.165, 1.54) is 6.07 Å². The highest BCUT2D eigenvalue weighted by Gasteiger charge is 2.30. The molecule has 34 heavy (non-hydrogen) atoms. The van der Waals surface area contributed by atoms with Crippen molar-refractivity contribution in [2.75, 3.05) is 43.2 Å². The molecule has 0 unspecified atom stereocenters. The average molecular weight is 473 g/mol. The molecule has 1 saturated heterocycles. The first-order valence-electron chi connectivity index (χ1n) is 10.7. The van der Waals surface area contributed by atoms with E-state index in [4.69, 9.17) is 4.74 Å². The van der Waals surface area contributed by atoms with E-state index >= 15 is 0 Å². The van der Waals surface area contributed by atoms with E-state index in [9.17, 15) is 17.6 Å². The van der Waals surface area contributed by atoms with Crippen molar-refractivity contribution in [3.05, 3.63) is 83.2 Å². The molecular formula is C24H23F4N5O. The first kappa shape index (κ1) is 23.6. The molecule has 0 radical (unpaired) electrons. The highest BCUT2D eigenvalue weighted by Crippen LogP contribution is 2.30. The second-order valence-corrected chi connectivity index (χ2v) is 7.83. The Bertz CT molecular complexity index is 1140. The van der Waals surface area contributed by atoms with Gasteiger partial charge in [-0.2, -0.15) is 18.2 Å². The highest BCUT2D eigenvalue weighted by atomic mass is 19.4. The number of pyridine rings is 1. The minimum absolute atomic E-state index is 0.241. The predicted molar refractivity (Wildman–Crippen MR) is 121 cm³/mol. The summed E-state index contributed by atoms with van der Waals surface area (Å²) in [4.78, 5) is 16.3. The minimum Gasteiger partial charge on any atom is -0.378 e. The van der Waals surface area contributed by atoms with Crippen LogP contribution in [0.4, 0.5) is 29.3 Å². The van der Waals surface area contributed by atoms with Crippen molar-refractivity contribution in [3.8, 4) is 0 Å². The summed E-state index contributed by atoms with van der Waals surface area (Å²) in [6, 6.07) is 8.86. The molecule has 1 fully saturated rings. The van der Waals surface area contributed by atoms with Gasteiger partial charge in [-0.25, -0.2) is 9.37 Å². The number of alkyl halides is 3. The van der Waals surface area contributed by atoms with E-state index in [0.29, 0.717) is 49.9 Å². The van der Waals surface area contributed by atoms with Crippen molar-refractivity contribution in [1.82, 2.24) is 15.0 Å². The van der Waals surface area contributed by atoms with Gasteiger partial charge in [0.25, 0.3) is 0 Å². The van der Waals surface area contributed by atoms with Gasteiger partial charge in [0, 0.05) is 32.5 Å². The maximum absolute atomic E-state index is 14.2. The molecule has 6 nitrogen and oxygen atoms in total. The number of hydrogen-bond donors (Lipinski definition) is 0. The third-order valence-electron chi connectivity index (χ3n) is 5.32. The van der Waals surface area contributed by atoms with Crippen molar-refractivity contribution >= 4 is 17.8 Å². The van der Waals surface area contributed by atoms with E-state index in [2.05, 4.69) is 15.0 Å². The van der Waals surface area contributed by atoms with Crippen molar-refractivity contribution in [3.63, 3.8) is 0 Å². The highest BCUT2D eigenvalue weighted by molar-refractivity contribution is 5.52. The van der Waals surface area contributed by atoms with Crippen LogP contribution >= 0.6 is 0 Å². The Balaban J connectivity index is 1.41. The van der Waals surface area contributed by atoms with Gasteiger partial charge in [0.1, 0.15) is 0 Å². The molecule has 0 bridgehead atoms. The summed E-state index contributed by atoms with van der Waals surface area (Å²) in [6.45, 7) is 2.15. The van der Waals surface area contributed by atoms with Crippen LogP contribution in [0.15, 0.2) is 55.0 Å². The van der Waals surface area contributed by atoms with Gasteiger partial charge in [0.15, 0.2) is 11.6 Å². The fourth-order valence-corrected chi connectivity index (χ4v) is 3.50. The molecule has 1 aliphatic rings. The van der Waals surface area contributed by atoms with Crippen LogP contribution in [0.2, 0.25) is 0 Å². The van der Waals surface area contributed by atoms with Crippen LogP contribution in [0.1, 0.15) is 22.4 Å². The molecular weight excluding hydrogens is 450 g/mol. The summed E-state index contributed by atoms with van der Waals surface area (Å²) in [5.74, 6) is 0.0898. The van der Waals surface area contributed by atoms with Crippen molar-refractivity contribution in [2.45, 2.75) is 12.6 Å². The monoisotopic (exact) mass is 473 g/mol. The lowest BCUT2D eigenvalue weighted by Crippen LogP contribution is -2.37. The fraction of sp³-hybridized carbons (Fsp3) is 0.292. The number of hydrogen-bond acceptors (Lipinski definition) is 6. The molecule has 3 heterocycles. The number of halogens is 4. The first-order valence-corrected chi connectivity index (χ1v) is 10.7. The summed E-state index contributed by atoms with van der Waals surface area (Å²) in [6.07, 6.45) is 2.21. The van der Waals surface area contributed by atoms with E-state index in [1.807, 2.05) is 11.0 Å². The number of nitrogens with zero attached hydrogens (tertiary/aromatic N) is 5. The SMILES string of the molecule is CN(/C=C/c1ccc(Cc2cccc(C(F)(F)F)c2)cn1)c1ncc(F)c(N2CCOCC2)n1. The number of aromatic nitrogens is 3. The normalized spacial score (nSPS) is 14.6. The lowest BCUT2D eigenvalue weighted by molar-refractivity contribution is -0.137. The zero-order valence-electron chi connectivity index (χ0n) is 18.5. The largest absolute Gasteiger partial charge is 0.416 e. The lowest BCUT2D eigenvalue weighted by Gasteiger charge is -2.28. The first-order chi connectivity index (χ1) is 16.3. The van der Waals surface area contributed by atoms with Crippen molar-refractivity contribution in [2.24, 2.45) is 0 Å². The van der Waals surface area contributed by atoms with Crippen LogP contribution in [-0.4, -0.2) is 48.3 Å². The Morgan fingerprint density at radius 3 is 2.56 bits per heavy atom. The van der Waals surface area contributed by atoms with Gasteiger partial charge < -0.3 is 14.5 Å². The van der Waals surface area contributed by atoms with Crippen LogP contribution in [0, 0.1) is 5.82 Å². The third kappa shape index (κ3) is 5.88. The Labute approximate surface area is 194 Å². The smallest absolute Gasteiger partial charge is 0.378 e. The second-order valence-electron chi connectivity index (χ2n) is 7.83. The molecule has 3 aromatic rings. The van der Waals surface area contributed by atoms with Gasteiger partial charge in [-0.1, -0.05) is 24.3 Å². The van der Waals surface area contributed by atoms with Crippen LogP contribution in [0.25, 0.3) is 6.08 Å². The number of rotatable bonds is 6. The zero-order valence-corrected chi connectivity index (χ0v) is 18.5. The van der Waals surface area contributed by atoms with Gasteiger partial charge in [-0.05, 0) is 35.8 Å². The number of morpholine rings is 1. The van der Waals surface area contributed by atoms with E-state index in [-0.39, 0.29) is 5.82 Å². The predicted octanol–water partition coefficient (Wildman–Crippen LogP) is 4.56. The summed E-state index contributed by atoms with van der Waals surface area (Å²) in [5.41, 5.74) is 1.33. The van der Waals surface area contributed by atoms with Gasteiger partial charge >= 0.3 is 6.18 Å². The summed E-state index contributed by atoms with van der Waals surface area (Å²) in [5, 5.41) is 0. The Morgan fingerprint density at radius 1 is 1.06 bits per heavy atom. The Hall–Kier alpha value is -3.53.